The predicted molar refractivity (Wildman–Crippen MR) is 84.0 cm³/mol. The minimum atomic E-state index is -0.125. The van der Waals surface area contributed by atoms with E-state index in [9.17, 15) is 4.79 Å². The number of hydrogen-bond donors (Lipinski definition) is 2. The van der Waals surface area contributed by atoms with Crippen LogP contribution in [-0.2, 0) is 0 Å². The van der Waals surface area contributed by atoms with Crippen LogP contribution in [0.15, 0.2) is 48.7 Å². The third-order valence-corrected chi connectivity index (χ3v) is 3.50. The average Bonchev–Trinajstić information content (AvgIpc) is 2.96. The van der Waals surface area contributed by atoms with Gasteiger partial charge in [-0.25, -0.2) is 0 Å². The first-order chi connectivity index (χ1) is 10.2. The number of fused-ring (bicyclic) bond motifs is 1. The molecule has 106 valence electrons. The Morgan fingerprint density at radius 2 is 2.00 bits per heavy atom. The zero-order valence-electron chi connectivity index (χ0n) is 11.9. The molecule has 1 heterocycles. The summed E-state index contributed by atoms with van der Waals surface area (Å²) < 4.78 is 5.16. The lowest BCUT2D eigenvalue weighted by Gasteiger charge is -2.10. The molecular weight excluding hydrogens is 264 g/mol. The third-order valence-electron chi connectivity index (χ3n) is 3.50. The van der Waals surface area contributed by atoms with Crippen LogP contribution in [0.3, 0.4) is 0 Å². The number of ether oxygens (including phenoxy) is 1. The van der Waals surface area contributed by atoms with Gasteiger partial charge in [-0.1, -0.05) is 6.07 Å². The molecule has 0 aliphatic carbocycles. The lowest BCUT2D eigenvalue weighted by atomic mass is 10.1. The Bertz CT molecular complexity index is 805. The third kappa shape index (κ3) is 2.60. The Hall–Kier alpha value is -2.75. The number of methoxy groups -OCH3 is 1. The average molecular weight is 280 g/mol. The first-order valence-corrected chi connectivity index (χ1v) is 6.70. The number of aryl methyl sites for hydroxylation is 1. The number of rotatable bonds is 3. The van der Waals surface area contributed by atoms with Crippen molar-refractivity contribution >= 4 is 22.5 Å². The van der Waals surface area contributed by atoms with Gasteiger partial charge in [-0.15, -0.1) is 0 Å². The number of anilines is 1. The molecule has 0 bridgehead atoms. The molecule has 3 aromatic rings. The van der Waals surface area contributed by atoms with Gasteiger partial charge in [0.05, 0.1) is 7.11 Å². The zero-order valence-corrected chi connectivity index (χ0v) is 11.9. The second-order valence-electron chi connectivity index (χ2n) is 4.91. The van der Waals surface area contributed by atoms with Gasteiger partial charge in [0, 0.05) is 23.0 Å². The summed E-state index contributed by atoms with van der Waals surface area (Å²) in [5, 5.41) is 4.02. The van der Waals surface area contributed by atoms with Crippen molar-refractivity contribution in [1.29, 1.82) is 0 Å². The molecule has 0 saturated heterocycles. The molecule has 4 nitrogen and oxygen atoms in total. The van der Waals surface area contributed by atoms with Crippen LogP contribution >= 0.6 is 0 Å². The molecule has 4 heteroatoms. The number of hydrogen-bond acceptors (Lipinski definition) is 2. The van der Waals surface area contributed by atoms with Gasteiger partial charge in [0.2, 0.25) is 0 Å². The Kier molecular flexibility index (Phi) is 3.36. The maximum Gasteiger partial charge on any atom is 0.255 e. The Balaban J connectivity index is 1.85. The van der Waals surface area contributed by atoms with E-state index in [-0.39, 0.29) is 5.91 Å². The molecule has 0 aliphatic rings. The van der Waals surface area contributed by atoms with Crippen molar-refractivity contribution in [2.24, 2.45) is 0 Å². The second-order valence-corrected chi connectivity index (χ2v) is 4.91. The highest BCUT2D eigenvalue weighted by molar-refractivity contribution is 6.06. The first-order valence-electron chi connectivity index (χ1n) is 6.70. The first kappa shape index (κ1) is 13.2. The van der Waals surface area contributed by atoms with Gasteiger partial charge in [0.15, 0.2) is 0 Å². The molecule has 21 heavy (non-hydrogen) atoms. The highest BCUT2D eigenvalue weighted by Crippen LogP contribution is 2.22. The fourth-order valence-electron chi connectivity index (χ4n) is 2.29. The molecule has 2 N–H and O–H groups in total. The predicted octanol–water partition coefficient (Wildman–Crippen LogP) is 3.74. The SMILES string of the molecule is COc1ccc(NC(=O)c2ccc3cc[nH]c3c2)c(C)c1. The molecule has 1 amide bonds. The van der Waals surface area contributed by atoms with Crippen molar-refractivity contribution in [3.8, 4) is 5.75 Å². The van der Waals surface area contributed by atoms with Crippen molar-refractivity contribution in [3.63, 3.8) is 0 Å². The number of amides is 1. The molecule has 0 radical (unpaired) electrons. The van der Waals surface area contributed by atoms with Crippen LogP contribution in [0.2, 0.25) is 0 Å². The molecule has 0 aliphatic heterocycles. The lowest BCUT2D eigenvalue weighted by molar-refractivity contribution is 0.102. The summed E-state index contributed by atoms with van der Waals surface area (Å²) in [5.41, 5.74) is 3.32. The molecule has 0 spiro atoms. The Morgan fingerprint density at radius 3 is 2.76 bits per heavy atom. The van der Waals surface area contributed by atoms with Crippen LogP contribution in [0, 0.1) is 6.92 Å². The van der Waals surface area contributed by atoms with Gasteiger partial charge >= 0.3 is 0 Å². The maximum absolute atomic E-state index is 12.3. The summed E-state index contributed by atoms with van der Waals surface area (Å²) in [7, 11) is 1.62. The fraction of sp³-hybridized carbons (Fsp3) is 0.118. The molecule has 1 aromatic heterocycles. The minimum Gasteiger partial charge on any atom is -0.497 e. The maximum atomic E-state index is 12.3. The van der Waals surface area contributed by atoms with Crippen LogP contribution in [0.25, 0.3) is 10.9 Å². The standard InChI is InChI=1S/C17H16N2O2/c1-11-9-14(21-2)5-6-15(11)19-17(20)13-4-3-12-7-8-18-16(12)10-13/h3-10,18H,1-2H3,(H,19,20). The van der Waals surface area contributed by atoms with Crippen LogP contribution in [0.5, 0.6) is 5.75 Å². The van der Waals surface area contributed by atoms with Crippen molar-refractivity contribution in [3.05, 3.63) is 59.8 Å². The number of aromatic amines is 1. The lowest BCUT2D eigenvalue weighted by Crippen LogP contribution is -2.12. The molecule has 0 unspecified atom stereocenters. The topological polar surface area (TPSA) is 54.1 Å². The summed E-state index contributed by atoms with van der Waals surface area (Å²) in [5.74, 6) is 0.651. The van der Waals surface area contributed by atoms with Gasteiger partial charge in [0.25, 0.3) is 5.91 Å². The smallest absolute Gasteiger partial charge is 0.255 e. The molecule has 0 fully saturated rings. The van der Waals surface area contributed by atoms with E-state index in [0.29, 0.717) is 5.56 Å². The van der Waals surface area contributed by atoms with E-state index < -0.39 is 0 Å². The van der Waals surface area contributed by atoms with Crippen molar-refractivity contribution < 1.29 is 9.53 Å². The van der Waals surface area contributed by atoms with Gasteiger partial charge in [-0.05, 0) is 54.3 Å². The minimum absolute atomic E-state index is 0.125. The summed E-state index contributed by atoms with van der Waals surface area (Å²) in [6.45, 7) is 1.94. The van der Waals surface area contributed by atoms with Gasteiger partial charge in [-0.2, -0.15) is 0 Å². The summed E-state index contributed by atoms with van der Waals surface area (Å²) >= 11 is 0. The Labute approximate surface area is 122 Å². The summed E-state index contributed by atoms with van der Waals surface area (Å²) in [4.78, 5) is 15.4. The fourth-order valence-corrected chi connectivity index (χ4v) is 2.29. The number of nitrogens with one attached hydrogen (secondary N) is 2. The summed E-state index contributed by atoms with van der Waals surface area (Å²) in [6.07, 6.45) is 1.86. The molecular formula is C17H16N2O2. The van der Waals surface area contributed by atoms with E-state index in [1.165, 1.54) is 0 Å². The number of H-pyrrole nitrogens is 1. The van der Waals surface area contributed by atoms with Crippen molar-refractivity contribution in [1.82, 2.24) is 4.98 Å². The van der Waals surface area contributed by atoms with Gasteiger partial charge < -0.3 is 15.0 Å². The monoisotopic (exact) mass is 280 g/mol. The van der Waals surface area contributed by atoms with E-state index in [0.717, 1.165) is 27.9 Å². The van der Waals surface area contributed by atoms with Crippen LogP contribution < -0.4 is 10.1 Å². The summed E-state index contributed by atoms with van der Waals surface area (Å²) in [6, 6.07) is 13.2. The molecule has 0 atom stereocenters. The van der Waals surface area contributed by atoms with E-state index in [4.69, 9.17) is 4.74 Å². The van der Waals surface area contributed by atoms with Gasteiger partial charge in [-0.3, -0.25) is 4.79 Å². The highest BCUT2D eigenvalue weighted by Gasteiger charge is 2.09. The van der Waals surface area contributed by atoms with Crippen molar-refractivity contribution in [2.45, 2.75) is 6.92 Å². The van der Waals surface area contributed by atoms with Crippen LogP contribution in [0.1, 0.15) is 15.9 Å². The number of benzene rings is 2. The van der Waals surface area contributed by atoms with Crippen molar-refractivity contribution in [2.75, 3.05) is 12.4 Å². The van der Waals surface area contributed by atoms with E-state index >= 15 is 0 Å². The van der Waals surface area contributed by atoms with Crippen LogP contribution in [-0.4, -0.2) is 18.0 Å². The molecule has 3 rings (SSSR count). The van der Waals surface area contributed by atoms with E-state index in [1.807, 2.05) is 55.6 Å². The number of aromatic nitrogens is 1. The number of carbonyl (C=O) groups excluding carboxylic acids is 1. The van der Waals surface area contributed by atoms with E-state index in [1.54, 1.807) is 7.11 Å². The quantitative estimate of drug-likeness (QED) is 0.768. The molecule has 0 saturated carbocycles. The number of carbonyl (C=O) groups is 1. The van der Waals surface area contributed by atoms with Crippen LogP contribution in [0.4, 0.5) is 5.69 Å². The Morgan fingerprint density at radius 1 is 1.14 bits per heavy atom. The largest absolute Gasteiger partial charge is 0.497 e. The zero-order chi connectivity index (χ0) is 14.8. The van der Waals surface area contributed by atoms with Gasteiger partial charge in [0.1, 0.15) is 5.75 Å². The highest BCUT2D eigenvalue weighted by atomic mass is 16.5. The second kappa shape index (κ2) is 5.32. The van der Waals surface area contributed by atoms with E-state index in [2.05, 4.69) is 10.3 Å². The normalized spacial score (nSPS) is 10.6. The molecule has 2 aromatic carbocycles.